The normalized spacial score (nSPS) is 16.7. The Morgan fingerprint density at radius 1 is 0.606 bits per heavy atom. The molecular formula is C26H32O6Zr. The van der Waals surface area contributed by atoms with Gasteiger partial charge in [-0.25, -0.2) is 9.59 Å². The topological polar surface area (TPSA) is 115 Å². The number of hydrogen-bond acceptors (Lipinski definition) is 4. The molecule has 4 N–H and O–H groups in total. The third-order valence-electron chi connectivity index (χ3n) is 6.66. The Labute approximate surface area is 213 Å². The first-order chi connectivity index (χ1) is 15.4. The Kier molecular flexibility index (Phi) is 10.6. The molecule has 6 nitrogen and oxygen atoms in total. The van der Waals surface area contributed by atoms with Crippen LogP contribution in [-0.2, 0) is 26.2 Å². The van der Waals surface area contributed by atoms with E-state index in [2.05, 4.69) is 0 Å². The molecule has 0 radical (unpaired) electrons. The number of benzene rings is 2. The van der Waals surface area contributed by atoms with Crippen LogP contribution in [0.15, 0.2) is 36.4 Å². The molecule has 2 aliphatic rings. The molecule has 0 aromatic heterocycles. The second-order valence-corrected chi connectivity index (χ2v) is 8.83. The van der Waals surface area contributed by atoms with E-state index >= 15 is 0 Å². The zero-order chi connectivity index (χ0) is 23.1. The van der Waals surface area contributed by atoms with Crippen LogP contribution in [-0.4, -0.2) is 32.4 Å². The minimum Gasteiger partial charge on any atom is -0.507 e. The summed E-state index contributed by atoms with van der Waals surface area (Å²) in [6.07, 6.45) is 11.9. The maximum Gasteiger partial charge on any atom is 0.339 e. The Balaban J connectivity index is 0.000000227. The molecule has 0 saturated heterocycles. The van der Waals surface area contributed by atoms with Gasteiger partial charge in [0.2, 0.25) is 0 Å². The predicted molar refractivity (Wildman–Crippen MR) is 122 cm³/mol. The van der Waals surface area contributed by atoms with E-state index in [9.17, 15) is 19.8 Å². The van der Waals surface area contributed by atoms with Gasteiger partial charge in [0.25, 0.3) is 0 Å². The summed E-state index contributed by atoms with van der Waals surface area (Å²) in [7, 11) is 0. The number of phenols is 2. The number of carboxylic acids is 2. The maximum atomic E-state index is 10.9. The van der Waals surface area contributed by atoms with Crippen molar-refractivity contribution in [1.29, 1.82) is 0 Å². The minimum absolute atomic E-state index is 0. The van der Waals surface area contributed by atoms with Crippen molar-refractivity contribution < 1.29 is 56.2 Å². The van der Waals surface area contributed by atoms with Crippen LogP contribution >= 0.6 is 0 Å². The van der Waals surface area contributed by atoms with Crippen LogP contribution in [0.5, 0.6) is 11.5 Å². The van der Waals surface area contributed by atoms with Crippen LogP contribution in [0.4, 0.5) is 0 Å². The molecule has 2 aromatic carbocycles. The molecule has 0 heterocycles. The SMILES string of the molecule is O=C(O)c1cc(C2CCCCC2)ccc1O.O=C(O)c1cc(C2CCCCC2)ccc1O.[Zr]. The van der Waals surface area contributed by atoms with Crippen molar-refractivity contribution in [2.45, 2.75) is 76.0 Å². The molecule has 0 amide bonds. The maximum absolute atomic E-state index is 10.9. The fourth-order valence-electron chi connectivity index (χ4n) is 4.83. The fourth-order valence-corrected chi connectivity index (χ4v) is 4.83. The number of hydrogen-bond donors (Lipinski definition) is 4. The van der Waals surface area contributed by atoms with Gasteiger partial charge in [-0.1, -0.05) is 50.7 Å². The predicted octanol–water partition coefficient (Wildman–Crippen LogP) is 6.27. The van der Waals surface area contributed by atoms with Gasteiger partial charge >= 0.3 is 11.9 Å². The van der Waals surface area contributed by atoms with E-state index in [1.807, 2.05) is 12.1 Å². The van der Waals surface area contributed by atoms with Gasteiger partial charge in [-0.2, -0.15) is 0 Å². The minimum atomic E-state index is -1.06. The third-order valence-corrected chi connectivity index (χ3v) is 6.66. The number of carboxylic acid groups (broad SMARTS) is 2. The van der Waals surface area contributed by atoms with E-state index < -0.39 is 11.9 Å². The molecular weight excluding hydrogens is 500 g/mol. The molecule has 0 spiro atoms. The molecule has 2 aromatic rings. The summed E-state index contributed by atoms with van der Waals surface area (Å²) in [5, 5.41) is 36.7. The van der Waals surface area contributed by atoms with E-state index in [4.69, 9.17) is 10.2 Å². The average molecular weight is 532 g/mol. The Hall–Kier alpha value is -2.14. The number of carbonyl (C=O) groups is 2. The summed E-state index contributed by atoms with van der Waals surface area (Å²) >= 11 is 0. The second-order valence-electron chi connectivity index (χ2n) is 8.83. The molecule has 33 heavy (non-hydrogen) atoms. The van der Waals surface area contributed by atoms with Crippen LogP contribution in [0.3, 0.4) is 0 Å². The molecule has 7 heteroatoms. The molecule has 0 unspecified atom stereocenters. The van der Waals surface area contributed by atoms with Crippen LogP contribution < -0.4 is 0 Å². The van der Waals surface area contributed by atoms with Gasteiger partial charge < -0.3 is 20.4 Å². The summed E-state index contributed by atoms with van der Waals surface area (Å²) in [6.45, 7) is 0. The molecule has 2 saturated carbocycles. The largest absolute Gasteiger partial charge is 0.507 e. The Morgan fingerprint density at radius 2 is 0.939 bits per heavy atom. The van der Waals surface area contributed by atoms with Gasteiger partial charge in [-0.15, -0.1) is 0 Å². The first-order valence-electron chi connectivity index (χ1n) is 11.5. The first kappa shape index (κ1) is 27.1. The monoisotopic (exact) mass is 530 g/mol. The molecule has 0 aliphatic heterocycles. The van der Waals surface area contributed by atoms with Crippen molar-refractivity contribution in [1.82, 2.24) is 0 Å². The summed E-state index contributed by atoms with van der Waals surface area (Å²) in [6, 6.07) is 9.91. The van der Waals surface area contributed by atoms with Crippen LogP contribution in [0.1, 0.15) is 108 Å². The molecule has 0 atom stereocenters. The molecule has 176 valence electrons. The van der Waals surface area contributed by atoms with Crippen molar-refractivity contribution in [2.75, 3.05) is 0 Å². The van der Waals surface area contributed by atoms with E-state index in [0.29, 0.717) is 11.8 Å². The van der Waals surface area contributed by atoms with Gasteiger partial charge in [0.15, 0.2) is 0 Å². The standard InChI is InChI=1S/2C13H16O3.Zr/c2*14-12-7-6-10(8-11(12)13(15)16)9-4-2-1-3-5-9;/h2*6-9,14H,1-5H2,(H,15,16);. The third kappa shape index (κ3) is 7.43. The number of rotatable bonds is 4. The van der Waals surface area contributed by atoms with Crippen LogP contribution in [0, 0.1) is 0 Å². The van der Waals surface area contributed by atoms with E-state index in [1.54, 1.807) is 12.1 Å². The Morgan fingerprint density at radius 3 is 1.24 bits per heavy atom. The fraction of sp³-hybridized carbons (Fsp3) is 0.462. The summed E-state index contributed by atoms with van der Waals surface area (Å²) in [4.78, 5) is 21.8. The quantitative estimate of drug-likeness (QED) is 0.369. The van der Waals surface area contributed by atoms with Crippen molar-refractivity contribution in [3.05, 3.63) is 58.7 Å². The molecule has 2 fully saturated rings. The summed E-state index contributed by atoms with van der Waals surface area (Å²) in [5.41, 5.74) is 2.14. The van der Waals surface area contributed by atoms with Gasteiger partial charge in [0, 0.05) is 26.2 Å². The van der Waals surface area contributed by atoms with Gasteiger partial charge in [-0.3, -0.25) is 0 Å². The van der Waals surface area contributed by atoms with Crippen molar-refractivity contribution in [2.24, 2.45) is 0 Å². The molecule has 2 aliphatic carbocycles. The molecule has 4 rings (SSSR count). The smallest absolute Gasteiger partial charge is 0.339 e. The van der Waals surface area contributed by atoms with Crippen molar-refractivity contribution >= 4 is 11.9 Å². The average Bonchev–Trinajstić information content (AvgIpc) is 2.81. The van der Waals surface area contributed by atoms with Crippen LogP contribution in [0.25, 0.3) is 0 Å². The van der Waals surface area contributed by atoms with Crippen molar-refractivity contribution in [3.8, 4) is 11.5 Å². The number of aromatic carboxylic acids is 2. The van der Waals surface area contributed by atoms with E-state index in [0.717, 1.165) is 36.8 Å². The number of aromatic hydroxyl groups is 2. The molecule has 0 bridgehead atoms. The van der Waals surface area contributed by atoms with Gasteiger partial charge in [0.05, 0.1) is 0 Å². The summed E-state index contributed by atoms with van der Waals surface area (Å²) < 4.78 is 0. The first-order valence-corrected chi connectivity index (χ1v) is 11.5. The Bertz CT molecular complexity index is 868. The summed E-state index contributed by atoms with van der Waals surface area (Å²) in [5.74, 6) is -1.48. The van der Waals surface area contributed by atoms with Gasteiger partial charge in [-0.05, 0) is 72.9 Å². The van der Waals surface area contributed by atoms with Crippen LogP contribution in [0.2, 0.25) is 0 Å². The second kappa shape index (κ2) is 12.9. The van der Waals surface area contributed by atoms with Gasteiger partial charge in [0.1, 0.15) is 22.6 Å². The zero-order valence-corrected chi connectivity index (χ0v) is 21.3. The van der Waals surface area contributed by atoms with E-state index in [1.165, 1.54) is 50.7 Å². The van der Waals surface area contributed by atoms with Crippen molar-refractivity contribution in [3.63, 3.8) is 0 Å². The zero-order valence-electron chi connectivity index (χ0n) is 18.8. The van der Waals surface area contributed by atoms with E-state index in [-0.39, 0.29) is 48.8 Å².